The summed E-state index contributed by atoms with van der Waals surface area (Å²) in [6.07, 6.45) is 3.00. The predicted octanol–water partition coefficient (Wildman–Crippen LogP) is 4.79. The number of anilines is 2. The molecule has 2 aromatic carbocycles. The molecule has 2 amide bonds. The average molecular weight is 538 g/mol. The zero-order valence-corrected chi connectivity index (χ0v) is 21.3. The molecule has 2 fully saturated rings. The number of nitrogens with one attached hydrogen (secondary N) is 1. The molecule has 0 aliphatic carbocycles. The third kappa shape index (κ3) is 5.46. The maximum Gasteiger partial charge on any atom is 0.241 e. The van der Waals surface area contributed by atoms with Crippen LogP contribution in [0.3, 0.4) is 0 Å². The summed E-state index contributed by atoms with van der Waals surface area (Å²) in [5, 5.41) is 7.17. The molecule has 2 saturated heterocycles. The van der Waals surface area contributed by atoms with E-state index in [1.807, 2.05) is 54.3 Å². The van der Waals surface area contributed by atoms with Crippen molar-refractivity contribution in [1.29, 1.82) is 0 Å². The second kappa shape index (κ2) is 10.3. The lowest BCUT2D eigenvalue weighted by molar-refractivity contribution is -0.121. The zero-order valence-electron chi connectivity index (χ0n) is 19.7. The highest BCUT2D eigenvalue weighted by molar-refractivity contribution is 9.10. The van der Waals surface area contributed by atoms with E-state index in [9.17, 15) is 9.59 Å². The highest BCUT2D eigenvalue weighted by Gasteiger charge is 2.27. The van der Waals surface area contributed by atoms with Gasteiger partial charge in [0, 0.05) is 40.3 Å². The number of aryl methyl sites for hydroxylation is 1. The van der Waals surface area contributed by atoms with Crippen molar-refractivity contribution >= 4 is 39.1 Å². The van der Waals surface area contributed by atoms with Crippen molar-refractivity contribution in [3.8, 4) is 11.4 Å². The summed E-state index contributed by atoms with van der Waals surface area (Å²) in [4.78, 5) is 33.7. The maximum atomic E-state index is 12.9. The van der Waals surface area contributed by atoms with Gasteiger partial charge in [-0.15, -0.1) is 0 Å². The highest BCUT2D eigenvalue weighted by atomic mass is 79.9. The molecule has 0 saturated carbocycles. The lowest BCUT2D eigenvalue weighted by Gasteiger charge is -2.30. The van der Waals surface area contributed by atoms with E-state index in [1.54, 1.807) is 0 Å². The number of nitrogens with zero attached hydrogens (tertiary/aromatic N) is 4. The Labute approximate surface area is 212 Å². The van der Waals surface area contributed by atoms with Gasteiger partial charge in [0.25, 0.3) is 0 Å². The monoisotopic (exact) mass is 537 g/mol. The van der Waals surface area contributed by atoms with Crippen LogP contribution in [0.1, 0.15) is 37.1 Å². The summed E-state index contributed by atoms with van der Waals surface area (Å²) < 4.78 is 6.46. The van der Waals surface area contributed by atoms with Crippen molar-refractivity contribution in [3.05, 3.63) is 58.4 Å². The minimum atomic E-state index is -0.0505. The van der Waals surface area contributed by atoms with Gasteiger partial charge < -0.3 is 14.7 Å². The van der Waals surface area contributed by atoms with Gasteiger partial charge in [0.2, 0.25) is 23.5 Å². The molecule has 3 heterocycles. The number of aromatic nitrogens is 2. The largest absolute Gasteiger partial charge is 0.338 e. The van der Waals surface area contributed by atoms with Gasteiger partial charge in [-0.1, -0.05) is 27.2 Å². The molecule has 2 aliphatic heterocycles. The van der Waals surface area contributed by atoms with E-state index in [-0.39, 0.29) is 17.7 Å². The molecule has 182 valence electrons. The Balaban J connectivity index is 1.14. The van der Waals surface area contributed by atoms with Gasteiger partial charge in [0.1, 0.15) is 0 Å². The Kier molecular flexibility index (Phi) is 6.97. The van der Waals surface area contributed by atoms with Gasteiger partial charge in [-0.25, -0.2) is 0 Å². The van der Waals surface area contributed by atoms with Crippen LogP contribution in [0.2, 0.25) is 0 Å². The van der Waals surface area contributed by atoms with E-state index < -0.39 is 0 Å². The van der Waals surface area contributed by atoms with E-state index in [2.05, 4.69) is 36.3 Å². The molecule has 1 aromatic heterocycles. The van der Waals surface area contributed by atoms with Crippen molar-refractivity contribution in [2.45, 2.75) is 39.2 Å². The summed E-state index contributed by atoms with van der Waals surface area (Å²) >= 11 is 3.43. The maximum absolute atomic E-state index is 12.9. The number of amides is 2. The summed E-state index contributed by atoms with van der Waals surface area (Å²) in [6, 6.07) is 13.6. The van der Waals surface area contributed by atoms with Crippen LogP contribution in [-0.2, 0) is 16.1 Å². The van der Waals surface area contributed by atoms with Crippen molar-refractivity contribution in [2.24, 2.45) is 5.92 Å². The molecule has 3 aromatic rings. The summed E-state index contributed by atoms with van der Waals surface area (Å²) in [7, 11) is 0. The van der Waals surface area contributed by atoms with Crippen molar-refractivity contribution in [2.75, 3.05) is 29.9 Å². The lowest BCUT2D eigenvalue weighted by atomic mass is 9.95. The normalized spacial score (nSPS) is 17.2. The number of likely N-dealkylation sites (tertiary alicyclic amines) is 1. The SMILES string of the molecule is Cc1ccc(NC(=O)C2CCN(Cc3nc(-c4ccc(Br)cc4)no3)CC2)cc1N1CCCC1=O. The Morgan fingerprint density at radius 3 is 2.63 bits per heavy atom. The molecule has 1 N–H and O–H groups in total. The first-order chi connectivity index (χ1) is 17.0. The molecule has 0 bridgehead atoms. The van der Waals surface area contributed by atoms with Crippen LogP contribution in [0.15, 0.2) is 51.5 Å². The van der Waals surface area contributed by atoms with Crippen LogP contribution in [0.4, 0.5) is 11.4 Å². The van der Waals surface area contributed by atoms with Gasteiger partial charge in [-0.05, 0) is 81.2 Å². The van der Waals surface area contributed by atoms with Gasteiger partial charge in [0.15, 0.2) is 0 Å². The van der Waals surface area contributed by atoms with E-state index in [0.29, 0.717) is 24.7 Å². The Hall–Kier alpha value is -3.04. The van der Waals surface area contributed by atoms with E-state index in [0.717, 1.165) is 65.9 Å². The quantitative estimate of drug-likeness (QED) is 0.486. The van der Waals surface area contributed by atoms with Crippen LogP contribution in [0.25, 0.3) is 11.4 Å². The molecule has 8 nitrogen and oxygen atoms in total. The molecule has 9 heteroatoms. The number of hydrogen-bond acceptors (Lipinski definition) is 6. The smallest absolute Gasteiger partial charge is 0.241 e. The number of carbonyl (C=O) groups excluding carboxylic acids is 2. The second-order valence-corrected chi connectivity index (χ2v) is 10.1. The molecular weight excluding hydrogens is 510 g/mol. The summed E-state index contributed by atoms with van der Waals surface area (Å²) in [6.45, 7) is 4.88. The fourth-order valence-electron chi connectivity index (χ4n) is 4.70. The number of benzene rings is 2. The summed E-state index contributed by atoms with van der Waals surface area (Å²) in [5.74, 6) is 1.28. The van der Waals surface area contributed by atoms with Crippen LogP contribution in [0, 0.1) is 12.8 Å². The molecule has 0 radical (unpaired) electrons. The minimum Gasteiger partial charge on any atom is -0.338 e. The topological polar surface area (TPSA) is 91.6 Å². The van der Waals surface area contributed by atoms with Crippen molar-refractivity contribution in [1.82, 2.24) is 15.0 Å². The molecule has 5 rings (SSSR count). The number of carbonyl (C=O) groups is 2. The van der Waals surface area contributed by atoms with Crippen LogP contribution in [-0.4, -0.2) is 46.5 Å². The Morgan fingerprint density at radius 2 is 1.91 bits per heavy atom. The second-order valence-electron chi connectivity index (χ2n) is 9.21. The first kappa shape index (κ1) is 23.7. The first-order valence-electron chi connectivity index (χ1n) is 12.0. The average Bonchev–Trinajstić information content (AvgIpc) is 3.50. The number of hydrogen-bond donors (Lipinski definition) is 1. The lowest BCUT2D eigenvalue weighted by Crippen LogP contribution is -2.37. The molecule has 0 atom stereocenters. The zero-order chi connectivity index (χ0) is 24.4. The molecule has 35 heavy (non-hydrogen) atoms. The van der Waals surface area contributed by atoms with Crippen molar-refractivity contribution in [3.63, 3.8) is 0 Å². The van der Waals surface area contributed by atoms with Crippen LogP contribution in [0.5, 0.6) is 0 Å². The minimum absolute atomic E-state index is 0.0301. The molecule has 0 spiro atoms. The van der Waals surface area contributed by atoms with E-state index >= 15 is 0 Å². The number of rotatable bonds is 6. The van der Waals surface area contributed by atoms with Gasteiger partial charge in [-0.2, -0.15) is 4.98 Å². The highest BCUT2D eigenvalue weighted by Crippen LogP contribution is 2.29. The third-order valence-corrected chi connectivity index (χ3v) is 7.26. The first-order valence-corrected chi connectivity index (χ1v) is 12.8. The van der Waals surface area contributed by atoms with Crippen molar-refractivity contribution < 1.29 is 14.1 Å². The van der Waals surface area contributed by atoms with E-state index in [1.165, 1.54) is 0 Å². The fraction of sp³-hybridized carbons (Fsp3) is 0.385. The Morgan fingerprint density at radius 1 is 1.14 bits per heavy atom. The van der Waals surface area contributed by atoms with Gasteiger partial charge in [-0.3, -0.25) is 14.5 Å². The molecule has 2 aliphatic rings. The van der Waals surface area contributed by atoms with Crippen LogP contribution < -0.4 is 10.2 Å². The van der Waals surface area contributed by atoms with E-state index in [4.69, 9.17) is 4.52 Å². The predicted molar refractivity (Wildman–Crippen MR) is 137 cm³/mol. The number of halogens is 1. The van der Waals surface area contributed by atoms with Gasteiger partial charge >= 0.3 is 0 Å². The molecular formula is C26H28BrN5O3. The van der Waals surface area contributed by atoms with Crippen LogP contribution >= 0.6 is 15.9 Å². The van der Waals surface area contributed by atoms with Gasteiger partial charge in [0.05, 0.1) is 6.54 Å². The third-order valence-electron chi connectivity index (χ3n) is 6.73. The Bertz CT molecular complexity index is 1220. The summed E-state index contributed by atoms with van der Waals surface area (Å²) in [5.41, 5.74) is 3.58. The standard InChI is InChI=1S/C26H28BrN5O3/c1-17-4-9-21(15-22(17)32-12-2-3-24(32)33)28-26(34)19-10-13-31(14-11-19)16-23-29-25(30-35-23)18-5-7-20(27)8-6-18/h4-9,15,19H,2-3,10-14,16H2,1H3,(H,28,34). The fourth-order valence-corrected chi connectivity index (χ4v) is 4.97. The molecule has 0 unspecified atom stereocenters. The number of piperidine rings is 1.